The SMILES string of the molecule is CC1=NOC(CNC(=O)c2ccccc2C#Cc2ccccc2C)C1. The van der Waals surface area contributed by atoms with Gasteiger partial charge in [0.05, 0.1) is 17.8 Å². The van der Waals surface area contributed by atoms with E-state index in [0.717, 1.165) is 23.3 Å². The molecule has 0 bridgehead atoms. The lowest BCUT2D eigenvalue weighted by molar-refractivity contribution is 0.0753. The van der Waals surface area contributed by atoms with E-state index in [0.29, 0.717) is 17.7 Å². The molecular weight excluding hydrogens is 312 g/mol. The lowest BCUT2D eigenvalue weighted by atomic mass is 10.1. The van der Waals surface area contributed by atoms with E-state index < -0.39 is 0 Å². The Bertz CT molecular complexity index is 875. The van der Waals surface area contributed by atoms with Crippen molar-refractivity contribution >= 4 is 11.6 Å². The molecule has 0 saturated carbocycles. The van der Waals surface area contributed by atoms with Gasteiger partial charge in [-0.15, -0.1) is 0 Å². The van der Waals surface area contributed by atoms with E-state index in [-0.39, 0.29) is 12.0 Å². The van der Waals surface area contributed by atoms with E-state index in [1.165, 1.54) is 0 Å². The minimum atomic E-state index is -0.150. The fourth-order valence-corrected chi connectivity index (χ4v) is 2.62. The Morgan fingerprint density at radius 2 is 1.80 bits per heavy atom. The molecule has 126 valence electrons. The summed E-state index contributed by atoms with van der Waals surface area (Å²) in [6.45, 7) is 4.37. The first kappa shape index (κ1) is 16.8. The first-order valence-corrected chi connectivity index (χ1v) is 8.27. The molecule has 0 aliphatic carbocycles. The number of nitrogens with zero attached hydrogens (tertiary/aromatic N) is 1. The largest absolute Gasteiger partial charge is 0.390 e. The number of oxime groups is 1. The fraction of sp³-hybridized carbons (Fsp3) is 0.238. The second-order valence-electron chi connectivity index (χ2n) is 6.08. The highest BCUT2D eigenvalue weighted by molar-refractivity contribution is 5.96. The summed E-state index contributed by atoms with van der Waals surface area (Å²) in [5.41, 5.74) is 4.31. The maximum atomic E-state index is 12.5. The number of hydrogen-bond donors (Lipinski definition) is 1. The Labute approximate surface area is 147 Å². The molecule has 2 aromatic rings. The van der Waals surface area contributed by atoms with Crippen LogP contribution in [0.2, 0.25) is 0 Å². The van der Waals surface area contributed by atoms with Crippen molar-refractivity contribution in [1.82, 2.24) is 5.32 Å². The van der Waals surface area contributed by atoms with E-state index in [9.17, 15) is 4.79 Å². The highest BCUT2D eigenvalue weighted by atomic mass is 16.6. The molecule has 1 atom stereocenters. The Balaban J connectivity index is 1.73. The summed E-state index contributed by atoms with van der Waals surface area (Å²) in [4.78, 5) is 17.8. The zero-order chi connectivity index (χ0) is 17.6. The van der Waals surface area contributed by atoms with Gasteiger partial charge >= 0.3 is 0 Å². The number of hydrogen-bond acceptors (Lipinski definition) is 3. The maximum Gasteiger partial charge on any atom is 0.252 e. The molecule has 0 spiro atoms. The first-order valence-electron chi connectivity index (χ1n) is 8.27. The van der Waals surface area contributed by atoms with Crippen LogP contribution in [-0.2, 0) is 4.84 Å². The van der Waals surface area contributed by atoms with Crippen molar-refractivity contribution < 1.29 is 9.63 Å². The summed E-state index contributed by atoms with van der Waals surface area (Å²) in [5, 5.41) is 6.81. The van der Waals surface area contributed by atoms with E-state index in [1.54, 1.807) is 6.07 Å². The Morgan fingerprint density at radius 1 is 1.12 bits per heavy atom. The summed E-state index contributed by atoms with van der Waals surface area (Å²) < 4.78 is 0. The van der Waals surface area contributed by atoms with Crippen LogP contribution < -0.4 is 5.32 Å². The van der Waals surface area contributed by atoms with Gasteiger partial charge in [-0.05, 0) is 37.6 Å². The monoisotopic (exact) mass is 332 g/mol. The van der Waals surface area contributed by atoms with Crippen LogP contribution in [0.1, 0.15) is 40.4 Å². The molecule has 2 aromatic carbocycles. The van der Waals surface area contributed by atoms with Crippen molar-refractivity contribution in [2.45, 2.75) is 26.4 Å². The van der Waals surface area contributed by atoms with Gasteiger partial charge in [0.2, 0.25) is 0 Å². The van der Waals surface area contributed by atoms with Crippen molar-refractivity contribution in [3.8, 4) is 11.8 Å². The summed E-state index contributed by atoms with van der Waals surface area (Å²) in [5.74, 6) is 6.13. The smallest absolute Gasteiger partial charge is 0.252 e. The molecule has 1 aliphatic rings. The van der Waals surface area contributed by atoms with Crippen LogP contribution in [0.3, 0.4) is 0 Å². The molecule has 0 radical (unpaired) electrons. The third-order valence-corrected chi connectivity index (χ3v) is 4.02. The highest BCUT2D eigenvalue weighted by Crippen LogP contribution is 2.11. The fourth-order valence-electron chi connectivity index (χ4n) is 2.62. The number of rotatable bonds is 3. The molecule has 4 heteroatoms. The van der Waals surface area contributed by atoms with Gasteiger partial charge in [0.1, 0.15) is 6.10 Å². The van der Waals surface area contributed by atoms with Crippen molar-refractivity contribution in [3.05, 3.63) is 70.8 Å². The van der Waals surface area contributed by atoms with Gasteiger partial charge in [-0.1, -0.05) is 47.3 Å². The number of nitrogens with one attached hydrogen (secondary N) is 1. The average Bonchev–Trinajstić information content (AvgIpc) is 3.04. The Morgan fingerprint density at radius 3 is 2.52 bits per heavy atom. The molecule has 4 nitrogen and oxygen atoms in total. The average molecular weight is 332 g/mol. The zero-order valence-electron chi connectivity index (χ0n) is 14.4. The number of benzene rings is 2. The molecule has 3 rings (SSSR count). The maximum absolute atomic E-state index is 12.5. The predicted octanol–water partition coefficient (Wildman–Crippen LogP) is 3.29. The van der Waals surface area contributed by atoms with Crippen LogP contribution in [0.5, 0.6) is 0 Å². The molecule has 0 aromatic heterocycles. The summed E-state index contributed by atoms with van der Waals surface area (Å²) >= 11 is 0. The van der Waals surface area contributed by atoms with Crippen molar-refractivity contribution in [2.75, 3.05) is 6.54 Å². The molecule has 1 amide bonds. The van der Waals surface area contributed by atoms with Gasteiger partial charge in [-0.3, -0.25) is 4.79 Å². The molecule has 0 fully saturated rings. The molecule has 1 heterocycles. The van der Waals surface area contributed by atoms with E-state index in [1.807, 2.05) is 56.3 Å². The molecular formula is C21H20N2O2. The normalized spacial score (nSPS) is 15.6. The number of carbonyl (C=O) groups is 1. The number of carbonyl (C=O) groups excluding carboxylic acids is 1. The summed E-state index contributed by atoms with van der Waals surface area (Å²) in [6.07, 6.45) is 0.656. The highest BCUT2D eigenvalue weighted by Gasteiger charge is 2.19. The van der Waals surface area contributed by atoms with Crippen molar-refractivity contribution in [2.24, 2.45) is 5.16 Å². The topological polar surface area (TPSA) is 50.7 Å². The summed E-state index contributed by atoms with van der Waals surface area (Å²) in [6, 6.07) is 15.3. The summed E-state index contributed by atoms with van der Waals surface area (Å²) in [7, 11) is 0. The van der Waals surface area contributed by atoms with Crippen LogP contribution >= 0.6 is 0 Å². The van der Waals surface area contributed by atoms with Gasteiger partial charge < -0.3 is 10.2 Å². The third-order valence-electron chi connectivity index (χ3n) is 4.02. The van der Waals surface area contributed by atoms with Crippen LogP contribution in [0.4, 0.5) is 0 Å². The number of aryl methyl sites for hydroxylation is 1. The van der Waals surface area contributed by atoms with Crippen LogP contribution in [-0.4, -0.2) is 24.3 Å². The van der Waals surface area contributed by atoms with Crippen molar-refractivity contribution in [3.63, 3.8) is 0 Å². The van der Waals surface area contributed by atoms with Gasteiger partial charge in [-0.25, -0.2) is 0 Å². The second kappa shape index (κ2) is 7.67. The zero-order valence-corrected chi connectivity index (χ0v) is 14.4. The van der Waals surface area contributed by atoms with Crippen molar-refractivity contribution in [1.29, 1.82) is 0 Å². The minimum absolute atomic E-state index is 0.0887. The van der Waals surface area contributed by atoms with Gasteiger partial charge in [0.15, 0.2) is 0 Å². The third kappa shape index (κ3) is 4.27. The second-order valence-corrected chi connectivity index (χ2v) is 6.08. The van der Waals surface area contributed by atoms with Gasteiger partial charge in [0.25, 0.3) is 5.91 Å². The molecule has 1 unspecified atom stereocenters. The predicted molar refractivity (Wildman–Crippen MR) is 98.5 cm³/mol. The van der Waals surface area contributed by atoms with Gasteiger partial charge in [0, 0.05) is 17.5 Å². The standard InChI is InChI=1S/C21H20N2O2/c1-15-7-3-4-8-17(15)11-12-18-9-5-6-10-20(18)21(24)22-14-19-13-16(2)23-25-19/h3-10,19H,13-14H2,1-2H3,(H,22,24). The Hall–Kier alpha value is -3.06. The lowest BCUT2D eigenvalue weighted by Crippen LogP contribution is -2.32. The van der Waals surface area contributed by atoms with Crippen LogP contribution in [0.15, 0.2) is 53.7 Å². The van der Waals surface area contributed by atoms with E-state index in [2.05, 4.69) is 22.3 Å². The molecule has 25 heavy (non-hydrogen) atoms. The lowest BCUT2D eigenvalue weighted by Gasteiger charge is -2.10. The van der Waals surface area contributed by atoms with Crippen LogP contribution in [0.25, 0.3) is 0 Å². The van der Waals surface area contributed by atoms with Crippen LogP contribution in [0, 0.1) is 18.8 Å². The van der Waals surface area contributed by atoms with E-state index in [4.69, 9.17) is 4.84 Å². The molecule has 1 aliphatic heterocycles. The van der Waals surface area contributed by atoms with Gasteiger partial charge in [-0.2, -0.15) is 0 Å². The van der Waals surface area contributed by atoms with E-state index >= 15 is 0 Å². The first-order chi connectivity index (χ1) is 12.1. The Kier molecular flexibility index (Phi) is 5.15. The molecule has 1 N–H and O–H groups in total. The molecule has 0 saturated heterocycles. The minimum Gasteiger partial charge on any atom is -0.390 e. The quantitative estimate of drug-likeness (QED) is 0.877. The number of amides is 1.